The van der Waals surface area contributed by atoms with E-state index in [9.17, 15) is 14.7 Å². The van der Waals surface area contributed by atoms with Crippen LogP contribution in [0.15, 0.2) is 53.3 Å². The number of fused-ring (bicyclic) bond motifs is 1. The van der Waals surface area contributed by atoms with Crippen LogP contribution in [-0.2, 0) is 4.79 Å². The van der Waals surface area contributed by atoms with Crippen molar-refractivity contribution in [3.05, 3.63) is 60.2 Å². The number of nitrogens with zero attached hydrogens (tertiary/aromatic N) is 2. The van der Waals surface area contributed by atoms with Crippen LogP contribution in [0.5, 0.6) is 0 Å². The van der Waals surface area contributed by atoms with Crippen LogP contribution in [0.4, 0.5) is 0 Å². The van der Waals surface area contributed by atoms with Crippen molar-refractivity contribution in [1.82, 2.24) is 14.8 Å². The lowest BCUT2D eigenvalue weighted by atomic mass is 10.0. The highest BCUT2D eigenvalue weighted by Crippen LogP contribution is 2.29. The van der Waals surface area contributed by atoms with Gasteiger partial charge in [0.15, 0.2) is 5.76 Å². The minimum Gasteiger partial charge on any atom is -0.480 e. The van der Waals surface area contributed by atoms with Crippen LogP contribution in [0.1, 0.15) is 22.2 Å². The SMILES string of the molecule is O=C(O)C(c1c[nH]c2ccccc12)N1CCN(C(=O)c2ccco2)CC1. The van der Waals surface area contributed by atoms with Crippen molar-refractivity contribution in [2.75, 3.05) is 26.2 Å². The third kappa shape index (κ3) is 2.86. The summed E-state index contributed by atoms with van der Waals surface area (Å²) in [5.41, 5.74) is 1.67. The van der Waals surface area contributed by atoms with E-state index in [0.29, 0.717) is 31.9 Å². The Morgan fingerprint density at radius 2 is 1.85 bits per heavy atom. The Bertz CT molecular complexity index is 923. The summed E-state index contributed by atoms with van der Waals surface area (Å²) in [6, 6.07) is 10.2. The van der Waals surface area contributed by atoms with Gasteiger partial charge in [-0.15, -0.1) is 0 Å². The second-order valence-corrected chi connectivity index (χ2v) is 6.34. The zero-order valence-corrected chi connectivity index (χ0v) is 14.1. The molecule has 134 valence electrons. The van der Waals surface area contributed by atoms with E-state index in [2.05, 4.69) is 4.98 Å². The van der Waals surface area contributed by atoms with Gasteiger partial charge in [-0.25, -0.2) is 0 Å². The molecule has 0 saturated carbocycles. The summed E-state index contributed by atoms with van der Waals surface area (Å²) in [6.07, 6.45) is 3.24. The molecule has 3 heterocycles. The molecule has 0 bridgehead atoms. The number of nitrogens with one attached hydrogen (secondary N) is 1. The smallest absolute Gasteiger partial charge is 0.325 e. The highest BCUT2D eigenvalue weighted by molar-refractivity contribution is 5.91. The predicted molar refractivity (Wildman–Crippen MR) is 94.9 cm³/mol. The summed E-state index contributed by atoms with van der Waals surface area (Å²) < 4.78 is 5.17. The van der Waals surface area contributed by atoms with E-state index < -0.39 is 12.0 Å². The van der Waals surface area contributed by atoms with Crippen LogP contribution in [0, 0.1) is 0 Å². The minimum atomic E-state index is -0.888. The first-order valence-electron chi connectivity index (χ1n) is 8.51. The van der Waals surface area contributed by atoms with Crippen molar-refractivity contribution >= 4 is 22.8 Å². The van der Waals surface area contributed by atoms with E-state index in [4.69, 9.17) is 4.42 Å². The summed E-state index contributed by atoms with van der Waals surface area (Å²) in [6.45, 7) is 1.91. The average Bonchev–Trinajstić information content (AvgIpc) is 3.32. The molecule has 1 aliphatic heterocycles. The van der Waals surface area contributed by atoms with Gasteiger partial charge >= 0.3 is 5.97 Å². The average molecular weight is 353 g/mol. The Kier molecular flexibility index (Phi) is 4.22. The first-order chi connectivity index (χ1) is 12.6. The van der Waals surface area contributed by atoms with E-state index in [1.807, 2.05) is 29.2 Å². The van der Waals surface area contributed by atoms with E-state index in [0.717, 1.165) is 16.5 Å². The molecule has 4 rings (SSSR count). The minimum absolute atomic E-state index is 0.159. The van der Waals surface area contributed by atoms with Crippen LogP contribution in [-0.4, -0.2) is 57.9 Å². The van der Waals surface area contributed by atoms with Crippen molar-refractivity contribution in [3.8, 4) is 0 Å². The zero-order chi connectivity index (χ0) is 18.1. The van der Waals surface area contributed by atoms with Crippen LogP contribution >= 0.6 is 0 Å². The molecule has 7 nitrogen and oxygen atoms in total. The fourth-order valence-corrected chi connectivity index (χ4v) is 3.55. The number of aliphatic carboxylic acids is 1. The number of H-pyrrole nitrogens is 1. The molecular weight excluding hydrogens is 334 g/mol. The summed E-state index contributed by atoms with van der Waals surface area (Å²) >= 11 is 0. The number of carboxylic acids is 1. The number of rotatable bonds is 4. The van der Waals surface area contributed by atoms with Crippen LogP contribution in [0.2, 0.25) is 0 Å². The molecule has 1 aromatic carbocycles. The van der Waals surface area contributed by atoms with Crippen molar-refractivity contribution in [3.63, 3.8) is 0 Å². The molecule has 0 spiro atoms. The van der Waals surface area contributed by atoms with Gasteiger partial charge in [0.1, 0.15) is 6.04 Å². The molecule has 7 heteroatoms. The lowest BCUT2D eigenvalue weighted by molar-refractivity contribution is -0.144. The highest BCUT2D eigenvalue weighted by atomic mass is 16.4. The molecular formula is C19H19N3O4. The molecule has 1 unspecified atom stereocenters. The first-order valence-corrected chi connectivity index (χ1v) is 8.51. The number of furan rings is 1. The number of carbonyl (C=O) groups excluding carboxylic acids is 1. The fraction of sp³-hybridized carbons (Fsp3) is 0.263. The van der Waals surface area contributed by atoms with Gasteiger partial charge in [-0.3, -0.25) is 14.5 Å². The molecule has 1 aliphatic rings. The molecule has 3 aromatic rings. The Morgan fingerprint density at radius 3 is 2.54 bits per heavy atom. The van der Waals surface area contributed by atoms with Gasteiger partial charge in [0.25, 0.3) is 5.91 Å². The van der Waals surface area contributed by atoms with Crippen molar-refractivity contribution in [1.29, 1.82) is 0 Å². The van der Waals surface area contributed by atoms with Crippen molar-refractivity contribution in [2.24, 2.45) is 0 Å². The molecule has 1 fully saturated rings. The van der Waals surface area contributed by atoms with E-state index in [-0.39, 0.29) is 5.91 Å². The van der Waals surface area contributed by atoms with Gasteiger partial charge in [0, 0.05) is 48.8 Å². The first kappa shape index (κ1) is 16.4. The van der Waals surface area contributed by atoms with E-state index >= 15 is 0 Å². The standard InChI is InChI=1S/C19H19N3O4/c23-18(16-6-3-11-26-16)22-9-7-21(8-10-22)17(19(24)25)14-12-20-15-5-2-1-4-13(14)15/h1-6,11-12,17,20H,7-10H2,(H,24,25). The third-order valence-electron chi connectivity index (χ3n) is 4.85. The van der Waals surface area contributed by atoms with Crippen LogP contribution < -0.4 is 0 Å². The topological polar surface area (TPSA) is 89.8 Å². The Balaban J connectivity index is 1.53. The molecule has 1 amide bonds. The van der Waals surface area contributed by atoms with Gasteiger partial charge < -0.3 is 19.4 Å². The summed E-state index contributed by atoms with van der Waals surface area (Å²) in [5.74, 6) is -0.737. The monoisotopic (exact) mass is 353 g/mol. The maximum atomic E-state index is 12.4. The highest BCUT2D eigenvalue weighted by Gasteiger charge is 2.33. The van der Waals surface area contributed by atoms with Crippen LogP contribution in [0.25, 0.3) is 10.9 Å². The van der Waals surface area contributed by atoms with Gasteiger partial charge in [0.2, 0.25) is 0 Å². The quantitative estimate of drug-likeness (QED) is 0.751. The van der Waals surface area contributed by atoms with Gasteiger partial charge in [-0.1, -0.05) is 18.2 Å². The zero-order valence-electron chi connectivity index (χ0n) is 14.1. The molecule has 2 aromatic heterocycles. The maximum absolute atomic E-state index is 12.4. The molecule has 0 radical (unpaired) electrons. The third-order valence-corrected chi connectivity index (χ3v) is 4.85. The molecule has 2 N–H and O–H groups in total. The van der Waals surface area contributed by atoms with E-state index in [1.54, 1.807) is 23.2 Å². The number of amides is 1. The normalized spacial score (nSPS) is 16.7. The predicted octanol–water partition coefficient (Wildman–Crippen LogP) is 2.34. The number of aromatic nitrogens is 1. The fourth-order valence-electron chi connectivity index (χ4n) is 3.55. The summed E-state index contributed by atoms with van der Waals surface area (Å²) in [7, 11) is 0. The second-order valence-electron chi connectivity index (χ2n) is 6.34. The largest absolute Gasteiger partial charge is 0.480 e. The number of benzene rings is 1. The van der Waals surface area contributed by atoms with Crippen molar-refractivity contribution < 1.29 is 19.1 Å². The number of para-hydroxylation sites is 1. The number of hydrogen-bond donors (Lipinski definition) is 2. The molecule has 26 heavy (non-hydrogen) atoms. The van der Waals surface area contributed by atoms with Crippen LogP contribution in [0.3, 0.4) is 0 Å². The number of carboxylic acid groups (broad SMARTS) is 1. The van der Waals surface area contributed by atoms with E-state index in [1.165, 1.54) is 6.26 Å². The molecule has 1 saturated heterocycles. The number of hydrogen-bond acceptors (Lipinski definition) is 4. The summed E-state index contributed by atoms with van der Waals surface area (Å²) in [5, 5.41) is 10.7. The Morgan fingerprint density at radius 1 is 1.08 bits per heavy atom. The summed E-state index contributed by atoms with van der Waals surface area (Å²) in [4.78, 5) is 31.1. The Hall–Kier alpha value is -3.06. The maximum Gasteiger partial charge on any atom is 0.325 e. The lowest BCUT2D eigenvalue weighted by Gasteiger charge is -2.37. The molecule has 1 atom stereocenters. The molecule has 0 aliphatic carbocycles. The van der Waals surface area contributed by atoms with Gasteiger partial charge in [0.05, 0.1) is 6.26 Å². The van der Waals surface area contributed by atoms with Gasteiger partial charge in [-0.2, -0.15) is 0 Å². The Labute approximate surface area is 149 Å². The number of carbonyl (C=O) groups is 2. The number of piperazine rings is 1. The van der Waals surface area contributed by atoms with Crippen molar-refractivity contribution in [2.45, 2.75) is 6.04 Å². The van der Waals surface area contributed by atoms with Gasteiger partial charge in [-0.05, 0) is 18.2 Å². The lowest BCUT2D eigenvalue weighted by Crippen LogP contribution is -2.50. The number of aromatic amines is 1. The second kappa shape index (κ2) is 6.68.